The first-order valence-electron chi connectivity index (χ1n) is 14.0. The number of halogens is 2. The SMILES string of the molecule is Cc1ccnc(C(C)C)c1-n1c(=O)nc(N2C[C@@H](C)N(C(=O)O)C[C@@H]2C)c2cc(Cl)c(-c3c(F)cccc3S(C)(=O)=O)nc21. The third kappa shape index (κ3) is 5.38. The lowest BCUT2D eigenvalue weighted by Gasteiger charge is -2.43. The van der Waals surface area contributed by atoms with Crippen LogP contribution in [0.3, 0.4) is 0 Å². The van der Waals surface area contributed by atoms with Crippen LogP contribution in [-0.4, -0.2) is 75.5 Å². The van der Waals surface area contributed by atoms with Crippen LogP contribution in [0.15, 0.2) is 46.2 Å². The number of piperazine rings is 1. The number of carbonyl (C=O) groups is 1. The van der Waals surface area contributed by atoms with Gasteiger partial charge in [0.1, 0.15) is 11.6 Å². The number of rotatable bonds is 5. The molecule has 1 aromatic carbocycles. The van der Waals surface area contributed by atoms with E-state index in [1.807, 2.05) is 32.6 Å². The van der Waals surface area contributed by atoms with Crippen molar-refractivity contribution in [2.75, 3.05) is 24.2 Å². The topological polar surface area (TPSA) is 139 Å². The van der Waals surface area contributed by atoms with Gasteiger partial charge in [-0.25, -0.2) is 31.9 Å². The second-order valence-corrected chi connectivity index (χ2v) is 13.8. The third-order valence-electron chi connectivity index (χ3n) is 7.84. The van der Waals surface area contributed by atoms with E-state index in [2.05, 4.69) is 9.97 Å². The monoisotopic (exact) mass is 642 g/mol. The minimum absolute atomic E-state index is 0.0578. The molecule has 0 radical (unpaired) electrons. The molecule has 0 spiro atoms. The summed E-state index contributed by atoms with van der Waals surface area (Å²) in [6, 6.07) is 6.12. The van der Waals surface area contributed by atoms with Gasteiger partial charge >= 0.3 is 11.8 Å². The van der Waals surface area contributed by atoms with E-state index in [0.29, 0.717) is 22.3 Å². The van der Waals surface area contributed by atoms with Gasteiger partial charge in [0.15, 0.2) is 15.5 Å². The van der Waals surface area contributed by atoms with E-state index < -0.39 is 33.5 Å². The maximum atomic E-state index is 15.4. The van der Waals surface area contributed by atoms with Crippen molar-refractivity contribution in [1.29, 1.82) is 0 Å². The number of aryl methyl sites for hydroxylation is 1. The highest BCUT2D eigenvalue weighted by Crippen LogP contribution is 2.38. The van der Waals surface area contributed by atoms with Crippen molar-refractivity contribution in [2.24, 2.45) is 0 Å². The molecule has 0 aliphatic carbocycles. The Labute approximate surface area is 258 Å². The fourth-order valence-corrected chi connectivity index (χ4v) is 6.85. The van der Waals surface area contributed by atoms with Crippen molar-refractivity contribution in [2.45, 2.75) is 57.5 Å². The number of benzene rings is 1. The second-order valence-electron chi connectivity index (χ2n) is 11.4. The Bertz CT molecular complexity index is 1980. The van der Waals surface area contributed by atoms with E-state index in [9.17, 15) is 23.1 Å². The Hall–Kier alpha value is -4.10. The molecule has 44 heavy (non-hydrogen) atoms. The number of hydrogen-bond acceptors (Lipinski definition) is 8. The van der Waals surface area contributed by atoms with Crippen LogP contribution in [0.1, 0.15) is 44.9 Å². The maximum Gasteiger partial charge on any atom is 0.407 e. The predicted octanol–water partition coefficient (Wildman–Crippen LogP) is 5.05. The number of carboxylic acid groups (broad SMARTS) is 1. The fraction of sp³-hybridized carbons (Fsp3) is 0.367. The smallest absolute Gasteiger partial charge is 0.407 e. The van der Waals surface area contributed by atoms with E-state index in [1.54, 1.807) is 19.2 Å². The summed E-state index contributed by atoms with van der Waals surface area (Å²) < 4.78 is 42.1. The standard InChI is InChI=1S/C30H32ClFN6O5S/c1-15(2)24-26(16(3)10-11-33-24)38-28-19(27(35-29(38)39)36-13-18(5)37(30(40)41)14-17(36)4)12-20(31)25(34-28)23-21(32)8-7-9-22(23)44(6,42)43/h7-12,15,17-18H,13-14H2,1-6H3,(H,40,41)/t17-,18+/m0/s1. The molecular formula is C30H32ClFN6O5S. The first-order chi connectivity index (χ1) is 20.6. The molecule has 232 valence electrons. The summed E-state index contributed by atoms with van der Waals surface area (Å²) in [5.74, 6) is -0.722. The number of anilines is 1. The van der Waals surface area contributed by atoms with Crippen LogP contribution in [0.4, 0.5) is 15.0 Å². The van der Waals surface area contributed by atoms with Crippen molar-refractivity contribution < 1.29 is 22.7 Å². The molecule has 0 bridgehead atoms. The van der Waals surface area contributed by atoms with Crippen LogP contribution in [0.2, 0.25) is 5.02 Å². The van der Waals surface area contributed by atoms with Gasteiger partial charge in [-0.2, -0.15) is 4.98 Å². The summed E-state index contributed by atoms with van der Waals surface area (Å²) >= 11 is 6.77. The van der Waals surface area contributed by atoms with Gasteiger partial charge in [-0.15, -0.1) is 0 Å². The Morgan fingerprint density at radius 2 is 1.84 bits per heavy atom. The van der Waals surface area contributed by atoms with Crippen LogP contribution in [0, 0.1) is 12.7 Å². The van der Waals surface area contributed by atoms with Gasteiger partial charge in [-0.05, 0) is 56.5 Å². The number of aromatic nitrogens is 4. The van der Waals surface area contributed by atoms with E-state index in [-0.39, 0.29) is 57.7 Å². The zero-order valence-corrected chi connectivity index (χ0v) is 26.6. The summed E-state index contributed by atoms with van der Waals surface area (Å²) in [7, 11) is -3.91. The van der Waals surface area contributed by atoms with Crippen LogP contribution in [0.25, 0.3) is 28.0 Å². The van der Waals surface area contributed by atoms with Crippen molar-refractivity contribution >= 4 is 44.4 Å². The molecule has 1 N–H and O–H groups in total. The maximum absolute atomic E-state index is 15.4. The van der Waals surface area contributed by atoms with Crippen LogP contribution >= 0.6 is 11.6 Å². The lowest BCUT2D eigenvalue weighted by Crippen LogP contribution is -2.58. The Morgan fingerprint density at radius 1 is 1.14 bits per heavy atom. The van der Waals surface area contributed by atoms with E-state index in [4.69, 9.17) is 16.6 Å². The summed E-state index contributed by atoms with van der Waals surface area (Å²) in [5, 5.41) is 9.95. The number of fused-ring (bicyclic) bond motifs is 1. The van der Waals surface area contributed by atoms with Crippen molar-refractivity contribution in [3.63, 3.8) is 0 Å². The normalized spacial score (nSPS) is 17.5. The molecule has 0 unspecified atom stereocenters. The first kappa shape index (κ1) is 31.3. The Balaban J connectivity index is 1.90. The van der Waals surface area contributed by atoms with Crippen molar-refractivity contribution in [3.05, 3.63) is 69.1 Å². The van der Waals surface area contributed by atoms with Crippen LogP contribution < -0.4 is 10.6 Å². The van der Waals surface area contributed by atoms with Gasteiger partial charge in [0, 0.05) is 37.6 Å². The highest BCUT2D eigenvalue weighted by Gasteiger charge is 2.35. The largest absolute Gasteiger partial charge is 0.465 e. The number of hydrogen-bond donors (Lipinski definition) is 1. The zero-order chi connectivity index (χ0) is 32.2. The predicted molar refractivity (Wildman–Crippen MR) is 166 cm³/mol. The fourth-order valence-electron chi connectivity index (χ4n) is 5.72. The highest BCUT2D eigenvalue weighted by atomic mass is 35.5. The molecular weight excluding hydrogens is 611 g/mol. The highest BCUT2D eigenvalue weighted by molar-refractivity contribution is 7.90. The average molecular weight is 643 g/mol. The van der Waals surface area contributed by atoms with Crippen molar-refractivity contribution in [3.8, 4) is 16.9 Å². The molecule has 14 heteroatoms. The molecule has 1 saturated heterocycles. The minimum atomic E-state index is -3.91. The van der Waals surface area contributed by atoms with Crippen LogP contribution in [-0.2, 0) is 9.84 Å². The van der Waals surface area contributed by atoms with E-state index >= 15 is 4.39 Å². The van der Waals surface area contributed by atoms with Gasteiger partial charge in [0.2, 0.25) is 0 Å². The van der Waals surface area contributed by atoms with Gasteiger partial charge in [0.25, 0.3) is 0 Å². The molecule has 1 aliphatic rings. The Morgan fingerprint density at radius 3 is 2.48 bits per heavy atom. The van der Waals surface area contributed by atoms with Crippen LogP contribution in [0.5, 0.6) is 0 Å². The number of pyridine rings is 2. The molecule has 4 heterocycles. The number of sulfone groups is 1. The molecule has 3 aromatic heterocycles. The summed E-state index contributed by atoms with van der Waals surface area (Å²) in [4.78, 5) is 42.5. The molecule has 5 rings (SSSR count). The molecule has 1 fully saturated rings. The lowest BCUT2D eigenvalue weighted by atomic mass is 10.0. The molecule has 2 atom stereocenters. The second kappa shape index (κ2) is 11.4. The average Bonchev–Trinajstić information content (AvgIpc) is 2.93. The minimum Gasteiger partial charge on any atom is -0.465 e. The van der Waals surface area contributed by atoms with E-state index in [0.717, 1.165) is 12.3 Å². The van der Waals surface area contributed by atoms with Gasteiger partial charge in [-0.1, -0.05) is 31.5 Å². The molecule has 1 amide bonds. The van der Waals surface area contributed by atoms with Gasteiger partial charge < -0.3 is 14.9 Å². The quantitative estimate of drug-likeness (QED) is 0.317. The summed E-state index contributed by atoms with van der Waals surface area (Å²) in [5.41, 5.74) is 0.660. The zero-order valence-electron chi connectivity index (χ0n) is 25.0. The molecule has 1 aliphatic heterocycles. The number of amides is 1. The van der Waals surface area contributed by atoms with Crippen molar-refractivity contribution in [1.82, 2.24) is 24.4 Å². The van der Waals surface area contributed by atoms with Gasteiger partial charge in [-0.3, -0.25) is 4.98 Å². The van der Waals surface area contributed by atoms with E-state index in [1.165, 1.54) is 27.7 Å². The lowest BCUT2D eigenvalue weighted by molar-refractivity contribution is 0.114. The Kier molecular flexibility index (Phi) is 8.14. The molecule has 11 nitrogen and oxygen atoms in total. The number of nitrogens with zero attached hydrogens (tertiary/aromatic N) is 6. The first-order valence-corrected chi connectivity index (χ1v) is 16.2. The van der Waals surface area contributed by atoms with Gasteiger partial charge in [0.05, 0.1) is 37.9 Å². The molecule has 4 aromatic rings. The third-order valence-corrected chi connectivity index (χ3v) is 9.27. The summed E-state index contributed by atoms with van der Waals surface area (Å²) in [6.07, 6.45) is 1.55. The summed E-state index contributed by atoms with van der Waals surface area (Å²) in [6.45, 7) is 9.65. The molecule has 0 saturated carbocycles.